The quantitative estimate of drug-likeness (QED) is 0.899. The fourth-order valence-electron chi connectivity index (χ4n) is 3.03. The second-order valence-electron chi connectivity index (χ2n) is 5.72. The molecule has 1 aromatic carbocycles. The number of likely N-dealkylation sites (tertiary alicyclic amines) is 1. The summed E-state index contributed by atoms with van der Waals surface area (Å²) in [6, 6.07) is 10.4. The van der Waals surface area contributed by atoms with Crippen molar-refractivity contribution >= 4 is 11.6 Å². The van der Waals surface area contributed by atoms with E-state index in [0.717, 1.165) is 23.7 Å². The summed E-state index contributed by atoms with van der Waals surface area (Å²) in [5.74, 6) is 0. The Hall–Kier alpha value is -0.570. The van der Waals surface area contributed by atoms with Crippen LogP contribution in [0.4, 0.5) is 0 Å². The predicted octanol–water partition coefficient (Wildman–Crippen LogP) is 3.05. The maximum Gasteiger partial charge on any atom is 0.0409 e. The SMILES string of the molecule is CC1CC(NCc2cccc(Cl)c2)CN1C1CC1. The number of halogens is 1. The first-order valence-electron chi connectivity index (χ1n) is 6.96. The molecule has 2 aliphatic rings. The second-order valence-corrected chi connectivity index (χ2v) is 6.16. The first-order chi connectivity index (χ1) is 8.72. The van der Waals surface area contributed by atoms with Gasteiger partial charge in [0.05, 0.1) is 0 Å². The molecule has 1 aromatic rings. The molecule has 0 spiro atoms. The second kappa shape index (κ2) is 5.20. The van der Waals surface area contributed by atoms with Crippen LogP contribution in [0.5, 0.6) is 0 Å². The number of nitrogens with one attached hydrogen (secondary N) is 1. The Morgan fingerprint density at radius 3 is 2.94 bits per heavy atom. The lowest BCUT2D eigenvalue weighted by Crippen LogP contribution is -2.33. The van der Waals surface area contributed by atoms with E-state index in [4.69, 9.17) is 11.6 Å². The Morgan fingerprint density at radius 2 is 2.22 bits per heavy atom. The summed E-state index contributed by atoms with van der Waals surface area (Å²) in [5.41, 5.74) is 1.28. The van der Waals surface area contributed by atoms with Crippen LogP contribution in [0.15, 0.2) is 24.3 Å². The van der Waals surface area contributed by atoms with E-state index in [2.05, 4.69) is 23.2 Å². The largest absolute Gasteiger partial charge is 0.309 e. The molecule has 1 heterocycles. The lowest BCUT2D eigenvalue weighted by Gasteiger charge is -2.19. The minimum atomic E-state index is 0.639. The van der Waals surface area contributed by atoms with E-state index in [9.17, 15) is 0 Å². The molecule has 3 heteroatoms. The summed E-state index contributed by atoms with van der Waals surface area (Å²) in [7, 11) is 0. The van der Waals surface area contributed by atoms with Gasteiger partial charge in [-0.2, -0.15) is 0 Å². The first-order valence-corrected chi connectivity index (χ1v) is 7.34. The lowest BCUT2D eigenvalue weighted by molar-refractivity contribution is 0.255. The molecular formula is C15H21ClN2. The summed E-state index contributed by atoms with van der Waals surface area (Å²) >= 11 is 6.00. The highest BCUT2D eigenvalue weighted by molar-refractivity contribution is 6.30. The van der Waals surface area contributed by atoms with Crippen molar-refractivity contribution in [2.45, 2.75) is 50.9 Å². The smallest absolute Gasteiger partial charge is 0.0409 e. The van der Waals surface area contributed by atoms with Gasteiger partial charge in [-0.05, 0) is 43.9 Å². The Balaban J connectivity index is 1.52. The molecule has 1 aliphatic heterocycles. The molecule has 3 rings (SSSR count). The minimum Gasteiger partial charge on any atom is -0.309 e. The summed E-state index contributed by atoms with van der Waals surface area (Å²) in [6.45, 7) is 4.50. The molecule has 0 bridgehead atoms. The van der Waals surface area contributed by atoms with E-state index in [1.54, 1.807) is 0 Å². The Morgan fingerprint density at radius 1 is 1.39 bits per heavy atom. The predicted molar refractivity (Wildman–Crippen MR) is 75.9 cm³/mol. The molecule has 1 N–H and O–H groups in total. The van der Waals surface area contributed by atoms with Crippen molar-refractivity contribution in [1.82, 2.24) is 10.2 Å². The highest BCUT2D eigenvalue weighted by atomic mass is 35.5. The van der Waals surface area contributed by atoms with Gasteiger partial charge in [-0.1, -0.05) is 23.7 Å². The van der Waals surface area contributed by atoms with Gasteiger partial charge in [0.25, 0.3) is 0 Å². The lowest BCUT2D eigenvalue weighted by atomic mass is 10.1. The summed E-state index contributed by atoms with van der Waals surface area (Å²) < 4.78 is 0. The monoisotopic (exact) mass is 264 g/mol. The van der Waals surface area contributed by atoms with Crippen molar-refractivity contribution in [2.24, 2.45) is 0 Å². The number of hydrogen-bond donors (Lipinski definition) is 1. The van der Waals surface area contributed by atoms with Crippen LogP contribution in [0.2, 0.25) is 5.02 Å². The average Bonchev–Trinajstić information content (AvgIpc) is 3.11. The van der Waals surface area contributed by atoms with Crippen LogP contribution >= 0.6 is 11.6 Å². The normalized spacial score (nSPS) is 28.8. The van der Waals surface area contributed by atoms with Crippen molar-refractivity contribution in [2.75, 3.05) is 6.54 Å². The minimum absolute atomic E-state index is 0.639. The molecule has 1 saturated carbocycles. The zero-order valence-electron chi connectivity index (χ0n) is 10.9. The van der Waals surface area contributed by atoms with Crippen molar-refractivity contribution < 1.29 is 0 Å². The third-order valence-corrected chi connectivity index (χ3v) is 4.36. The van der Waals surface area contributed by atoms with E-state index >= 15 is 0 Å². The fourth-order valence-corrected chi connectivity index (χ4v) is 3.24. The average molecular weight is 265 g/mol. The van der Waals surface area contributed by atoms with Crippen molar-refractivity contribution in [3.8, 4) is 0 Å². The number of benzene rings is 1. The van der Waals surface area contributed by atoms with E-state index in [-0.39, 0.29) is 0 Å². The van der Waals surface area contributed by atoms with Gasteiger partial charge in [0.1, 0.15) is 0 Å². The van der Waals surface area contributed by atoms with Crippen LogP contribution in [-0.4, -0.2) is 29.6 Å². The number of hydrogen-bond acceptors (Lipinski definition) is 2. The van der Waals surface area contributed by atoms with Crippen molar-refractivity contribution in [1.29, 1.82) is 0 Å². The molecule has 0 aromatic heterocycles. The highest BCUT2D eigenvalue weighted by Crippen LogP contribution is 2.33. The van der Waals surface area contributed by atoms with Gasteiger partial charge in [-0.25, -0.2) is 0 Å². The molecule has 2 fully saturated rings. The molecular weight excluding hydrogens is 244 g/mol. The molecule has 2 unspecified atom stereocenters. The van der Waals surface area contributed by atoms with Gasteiger partial charge in [-0.3, -0.25) is 4.90 Å². The van der Waals surface area contributed by atoms with Crippen molar-refractivity contribution in [3.05, 3.63) is 34.9 Å². The zero-order valence-corrected chi connectivity index (χ0v) is 11.7. The number of nitrogens with zero attached hydrogens (tertiary/aromatic N) is 1. The molecule has 1 saturated heterocycles. The molecule has 2 nitrogen and oxygen atoms in total. The third kappa shape index (κ3) is 2.87. The molecule has 2 atom stereocenters. The molecule has 0 amide bonds. The van der Waals surface area contributed by atoms with Crippen LogP contribution in [0.25, 0.3) is 0 Å². The Kier molecular flexibility index (Phi) is 3.60. The van der Waals surface area contributed by atoms with E-state index < -0.39 is 0 Å². The fraction of sp³-hybridized carbons (Fsp3) is 0.600. The van der Waals surface area contributed by atoms with Gasteiger partial charge in [0, 0.05) is 36.2 Å². The van der Waals surface area contributed by atoms with Crippen LogP contribution < -0.4 is 5.32 Å². The maximum absolute atomic E-state index is 6.00. The van der Waals surface area contributed by atoms with Gasteiger partial charge in [-0.15, -0.1) is 0 Å². The van der Waals surface area contributed by atoms with Gasteiger partial charge >= 0.3 is 0 Å². The van der Waals surface area contributed by atoms with Gasteiger partial charge < -0.3 is 5.32 Å². The molecule has 18 heavy (non-hydrogen) atoms. The number of rotatable bonds is 4. The first kappa shape index (κ1) is 12.5. The Bertz CT molecular complexity index is 417. The van der Waals surface area contributed by atoms with Crippen LogP contribution in [0, 0.1) is 0 Å². The summed E-state index contributed by atoms with van der Waals surface area (Å²) in [6.07, 6.45) is 4.09. The van der Waals surface area contributed by atoms with E-state index in [1.807, 2.05) is 18.2 Å². The van der Waals surface area contributed by atoms with Crippen LogP contribution in [0.1, 0.15) is 31.7 Å². The van der Waals surface area contributed by atoms with E-state index in [1.165, 1.54) is 31.4 Å². The van der Waals surface area contributed by atoms with Crippen molar-refractivity contribution in [3.63, 3.8) is 0 Å². The molecule has 98 valence electrons. The molecule has 1 aliphatic carbocycles. The Labute approximate surface area is 114 Å². The van der Waals surface area contributed by atoms with Gasteiger partial charge in [0.2, 0.25) is 0 Å². The summed E-state index contributed by atoms with van der Waals surface area (Å²) in [4.78, 5) is 2.68. The third-order valence-electron chi connectivity index (χ3n) is 4.12. The van der Waals surface area contributed by atoms with Crippen LogP contribution in [0.3, 0.4) is 0 Å². The topological polar surface area (TPSA) is 15.3 Å². The summed E-state index contributed by atoms with van der Waals surface area (Å²) in [5, 5.41) is 4.50. The zero-order chi connectivity index (χ0) is 12.5. The maximum atomic E-state index is 6.00. The molecule has 0 radical (unpaired) electrons. The van der Waals surface area contributed by atoms with Gasteiger partial charge in [0.15, 0.2) is 0 Å². The standard InChI is InChI=1S/C15H21ClN2/c1-11-7-14(10-18(11)15-5-6-15)17-9-12-3-2-4-13(16)8-12/h2-4,8,11,14-15,17H,5-7,9-10H2,1H3. The highest BCUT2D eigenvalue weighted by Gasteiger charge is 2.38. The van der Waals surface area contributed by atoms with E-state index in [0.29, 0.717) is 6.04 Å². The van der Waals surface area contributed by atoms with Crippen LogP contribution in [-0.2, 0) is 6.54 Å².